The lowest BCUT2D eigenvalue weighted by Crippen LogP contribution is -2.21. The number of pyridine rings is 1. The highest BCUT2D eigenvalue weighted by Crippen LogP contribution is 2.30. The Morgan fingerprint density at radius 2 is 1.92 bits per heavy atom. The summed E-state index contributed by atoms with van der Waals surface area (Å²) in [7, 11) is 0. The highest BCUT2D eigenvalue weighted by Gasteiger charge is 2.19. The molecule has 0 aliphatic carbocycles. The number of hydrogen-bond donors (Lipinski definition) is 1. The quantitative estimate of drug-likeness (QED) is 0.608. The zero-order valence-electron chi connectivity index (χ0n) is 13.4. The van der Waals surface area contributed by atoms with Crippen LogP contribution in [0.4, 0.5) is 8.78 Å². The summed E-state index contributed by atoms with van der Waals surface area (Å²) < 4.78 is 29.8. The first-order valence-corrected chi connectivity index (χ1v) is 9.79. The summed E-state index contributed by atoms with van der Waals surface area (Å²) in [4.78, 5) is 23.3. The van der Waals surface area contributed by atoms with E-state index >= 15 is 0 Å². The normalized spacial score (nSPS) is 13.5. The van der Waals surface area contributed by atoms with Gasteiger partial charge >= 0.3 is 0 Å². The van der Waals surface area contributed by atoms with Crippen molar-refractivity contribution in [1.29, 1.82) is 0 Å². The lowest BCUT2D eigenvalue weighted by Gasteiger charge is -2.15. The van der Waals surface area contributed by atoms with Crippen molar-refractivity contribution in [3.63, 3.8) is 0 Å². The summed E-state index contributed by atoms with van der Waals surface area (Å²) in [6.07, 6.45) is 2.06. The van der Waals surface area contributed by atoms with Crippen molar-refractivity contribution in [2.45, 2.75) is 12.2 Å². The van der Waals surface area contributed by atoms with Crippen molar-refractivity contribution in [3.05, 3.63) is 68.3 Å². The van der Waals surface area contributed by atoms with Gasteiger partial charge in [0.1, 0.15) is 22.1 Å². The second-order valence-corrected chi connectivity index (χ2v) is 7.74. The molecular weight excluding hydrogens is 424 g/mol. The Hall–Kier alpha value is -2.06. The van der Waals surface area contributed by atoms with Crippen molar-refractivity contribution in [2.24, 2.45) is 0 Å². The fraction of sp³-hybridized carbons (Fsp3) is 0.167. The van der Waals surface area contributed by atoms with Gasteiger partial charge in [-0.25, -0.2) is 18.7 Å². The smallest absolute Gasteiger partial charge is 0.255 e. The van der Waals surface area contributed by atoms with Crippen LogP contribution in [0, 0.1) is 11.6 Å². The summed E-state index contributed by atoms with van der Waals surface area (Å²) in [6.45, 7) is 0. The third kappa shape index (κ3) is 3.19. The van der Waals surface area contributed by atoms with Gasteiger partial charge in [0.05, 0.1) is 11.3 Å². The SMILES string of the molecule is O=c1[nH]c(-c2cc(F)c(-c3ccc(Br)nc3)c(F)c2)nc2c1CSCC2. The summed E-state index contributed by atoms with van der Waals surface area (Å²) in [5.74, 6) is 0.191. The van der Waals surface area contributed by atoms with Crippen LogP contribution in [0.3, 0.4) is 0 Å². The number of nitrogens with one attached hydrogen (secondary N) is 1. The number of nitrogens with zero attached hydrogens (tertiary/aromatic N) is 2. The van der Waals surface area contributed by atoms with Gasteiger partial charge in [0.2, 0.25) is 0 Å². The van der Waals surface area contributed by atoms with Crippen LogP contribution in [0.5, 0.6) is 0 Å². The van der Waals surface area contributed by atoms with Crippen LogP contribution in [0.15, 0.2) is 39.9 Å². The fourth-order valence-corrected chi connectivity index (χ4v) is 4.11. The summed E-state index contributed by atoms with van der Waals surface area (Å²) >= 11 is 4.86. The molecule has 2 aromatic heterocycles. The molecule has 3 aromatic rings. The van der Waals surface area contributed by atoms with E-state index in [2.05, 4.69) is 30.9 Å². The van der Waals surface area contributed by atoms with Crippen LogP contribution in [-0.2, 0) is 12.2 Å². The van der Waals surface area contributed by atoms with Crippen LogP contribution >= 0.6 is 27.7 Å². The Morgan fingerprint density at radius 3 is 2.62 bits per heavy atom. The van der Waals surface area contributed by atoms with E-state index in [1.54, 1.807) is 23.9 Å². The Labute approximate surface area is 160 Å². The molecule has 1 N–H and O–H groups in total. The minimum Gasteiger partial charge on any atom is -0.306 e. The monoisotopic (exact) mass is 435 g/mol. The molecular formula is C18H12BrF2N3OS. The number of aromatic nitrogens is 3. The van der Waals surface area contributed by atoms with Crippen LogP contribution in [0.1, 0.15) is 11.3 Å². The topological polar surface area (TPSA) is 58.6 Å². The number of rotatable bonds is 2. The van der Waals surface area contributed by atoms with Crippen LogP contribution < -0.4 is 5.56 Å². The van der Waals surface area contributed by atoms with E-state index in [-0.39, 0.29) is 22.5 Å². The summed E-state index contributed by atoms with van der Waals surface area (Å²) in [5, 5.41) is 0. The van der Waals surface area contributed by atoms with E-state index < -0.39 is 11.6 Å². The van der Waals surface area contributed by atoms with E-state index in [4.69, 9.17) is 0 Å². The molecule has 1 aromatic carbocycles. The molecule has 0 atom stereocenters. The molecule has 0 spiro atoms. The molecule has 4 rings (SSSR count). The lowest BCUT2D eigenvalue weighted by atomic mass is 10.0. The number of H-pyrrole nitrogens is 1. The van der Waals surface area contributed by atoms with Crippen molar-refractivity contribution in [3.8, 4) is 22.5 Å². The van der Waals surface area contributed by atoms with Gasteiger partial charge in [-0.2, -0.15) is 11.8 Å². The molecule has 0 saturated heterocycles. The number of hydrogen-bond acceptors (Lipinski definition) is 4. The third-order valence-electron chi connectivity index (χ3n) is 4.16. The first-order chi connectivity index (χ1) is 12.5. The van der Waals surface area contributed by atoms with E-state index in [0.29, 0.717) is 33.6 Å². The average Bonchev–Trinajstić information content (AvgIpc) is 2.62. The number of halogens is 3. The maximum Gasteiger partial charge on any atom is 0.255 e. The van der Waals surface area contributed by atoms with Gasteiger partial charge in [-0.3, -0.25) is 4.79 Å². The predicted molar refractivity (Wildman–Crippen MR) is 101 cm³/mol. The fourth-order valence-electron chi connectivity index (χ4n) is 2.89. The maximum absolute atomic E-state index is 14.6. The Bertz CT molecular complexity index is 1030. The number of benzene rings is 1. The molecule has 0 amide bonds. The molecule has 1 aliphatic rings. The first kappa shape index (κ1) is 17.4. The minimum atomic E-state index is -0.736. The zero-order chi connectivity index (χ0) is 18.3. The molecule has 4 nitrogen and oxygen atoms in total. The molecule has 0 fully saturated rings. The lowest BCUT2D eigenvalue weighted by molar-refractivity contribution is 0.590. The Kier molecular flexibility index (Phi) is 4.62. The summed E-state index contributed by atoms with van der Waals surface area (Å²) in [6, 6.07) is 5.56. The minimum absolute atomic E-state index is 0.162. The average molecular weight is 436 g/mol. The van der Waals surface area contributed by atoms with Crippen molar-refractivity contribution in [1.82, 2.24) is 15.0 Å². The maximum atomic E-state index is 14.6. The van der Waals surface area contributed by atoms with Gasteiger partial charge in [-0.15, -0.1) is 0 Å². The predicted octanol–water partition coefficient (Wildman–Crippen LogP) is 4.33. The zero-order valence-corrected chi connectivity index (χ0v) is 15.8. The van der Waals surface area contributed by atoms with Crippen molar-refractivity contribution < 1.29 is 8.78 Å². The van der Waals surface area contributed by atoms with Gasteiger partial charge < -0.3 is 4.98 Å². The molecule has 3 heterocycles. The molecule has 0 radical (unpaired) electrons. The van der Waals surface area contributed by atoms with E-state index in [9.17, 15) is 13.6 Å². The second-order valence-electron chi connectivity index (χ2n) is 5.83. The molecule has 26 heavy (non-hydrogen) atoms. The van der Waals surface area contributed by atoms with Gasteiger partial charge in [0.15, 0.2) is 0 Å². The molecule has 132 valence electrons. The van der Waals surface area contributed by atoms with Gasteiger partial charge in [-0.05, 0) is 52.4 Å². The van der Waals surface area contributed by atoms with E-state index in [0.717, 1.165) is 5.75 Å². The van der Waals surface area contributed by atoms with Gasteiger partial charge in [0, 0.05) is 28.6 Å². The second kappa shape index (κ2) is 6.92. The van der Waals surface area contributed by atoms with Crippen LogP contribution in [0.25, 0.3) is 22.5 Å². The third-order valence-corrected chi connectivity index (χ3v) is 5.62. The number of aromatic amines is 1. The molecule has 0 unspecified atom stereocenters. The Morgan fingerprint density at radius 1 is 1.15 bits per heavy atom. The molecule has 0 bridgehead atoms. The van der Waals surface area contributed by atoms with E-state index in [1.807, 2.05) is 0 Å². The molecule has 8 heteroatoms. The molecule has 0 saturated carbocycles. The molecule has 1 aliphatic heterocycles. The van der Waals surface area contributed by atoms with Crippen LogP contribution in [-0.4, -0.2) is 20.7 Å². The van der Waals surface area contributed by atoms with Gasteiger partial charge in [0.25, 0.3) is 5.56 Å². The standard InChI is InChI=1S/C18H12BrF2N3OS/c19-15-2-1-9(7-22-15)16-12(20)5-10(6-13(16)21)17-23-14-3-4-26-8-11(14)18(25)24-17/h1-2,5-7H,3-4,8H2,(H,23,24,25). The van der Waals surface area contributed by atoms with Crippen molar-refractivity contribution in [2.75, 3.05) is 5.75 Å². The Balaban J connectivity index is 1.81. The summed E-state index contributed by atoms with van der Waals surface area (Å²) in [5.41, 5.74) is 1.46. The number of fused-ring (bicyclic) bond motifs is 1. The van der Waals surface area contributed by atoms with E-state index in [1.165, 1.54) is 18.3 Å². The highest BCUT2D eigenvalue weighted by molar-refractivity contribution is 9.10. The van der Waals surface area contributed by atoms with Crippen LogP contribution in [0.2, 0.25) is 0 Å². The highest BCUT2D eigenvalue weighted by atomic mass is 79.9. The largest absolute Gasteiger partial charge is 0.306 e. The van der Waals surface area contributed by atoms with Gasteiger partial charge in [-0.1, -0.05) is 0 Å². The first-order valence-electron chi connectivity index (χ1n) is 7.84. The number of aryl methyl sites for hydroxylation is 1. The number of thioether (sulfide) groups is 1. The van der Waals surface area contributed by atoms with Crippen molar-refractivity contribution >= 4 is 27.7 Å².